The van der Waals surface area contributed by atoms with Crippen LogP contribution in [0.15, 0.2) is 30.7 Å². The molecule has 2 heterocycles. The van der Waals surface area contributed by atoms with Gasteiger partial charge in [-0.2, -0.15) is 5.10 Å². The third-order valence-corrected chi connectivity index (χ3v) is 3.40. The lowest BCUT2D eigenvalue weighted by molar-refractivity contribution is -0.124. The number of aryl methyl sites for hydroxylation is 2. The molecule has 0 aliphatic rings. The minimum atomic E-state index is -0.260. The van der Waals surface area contributed by atoms with Crippen molar-refractivity contribution in [3.05, 3.63) is 47.5 Å². The maximum Gasteiger partial charge on any atom is 0.245 e. The number of nitrogens with one attached hydrogen (secondary N) is 1. The predicted octanol–water partition coefficient (Wildman–Crippen LogP) is 2.16. The zero-order valence-corrected chi connectivity index (χ0v) is 12.1. The van der Waals surface area contributed by atoms with Crippen LogP contribution in [0, 0.1) is 13.8 Å². The average molecular weight is 272 g/mol. The summed E-state index contributed by atoms with van der Waals surface area (Å²) in [7, 11) is 0. The summed E-state index contributed by atoms with van der Waals surface area (Å²) in [5.41, 5.74) is 3.16. The van der Waals surface area contributed by atoms with Crippen LogP contribution in [0.3, 0.4) is 0 Å². The first-order valence-electron chi connectivity index (χ1n) is 6.80. The minimum Gasteiger partial charge on any atom is -0.350 e. The van der Waals surface area contributed by atoms with Gasteiger partial charge in [-0.05, 0) is 37.5 Å². The van der Waals surface area contributed by atoms with Gasteiger partial charge in [0.05, 0.1) is 0 Å². The Kier molecular flexibility index (Phi) is 4.50. The number of carbonyl (C=O) groups is 1. The predicted molar refractivity (Wildman–Crippen MR) is 77.1 cm³/mol. The Labute approximate surface area is 119 Å². The number of carbonyl (C=O) groups excluding carboxylic acids is 1. The summed E-state index contributed by atoms with van der Waals surface area (Å²) in [5.74, 6) is -0.0190. The molecule has 0 radical (unpaired) electrons. The van der Waals surface area contributed by atoms with E-state index >= 15 is 0 Å². The van der Waals surface area contributed by atoms with E-state index in [0.29, 0.717) is 13.0 Å². The summed E-state index contributed by atoms with van der Waals surface area (Å²) in [6, 6.07) is 3.62. The Morgan fingerprint density at radius 3 is 2.85 bits per heavy atom. The van der Waals surface area contributed by atoms with Gasteiger partial charge >= 0.3 is 0 Å². The van der Waals surface area contributed by atoms with Gasteiger partial charge in [-0.1, -0.05) is 13.0 Å². The molecule has 1 N–H and O–H groups in total. The molecule has 1 atom stereocenters. The fourth-order valence-electron chi connectivity index (χ4n) is 2.06. The topological polar surface area (TPSA) is 59.8 Å². The third-order valence-electron chi connectivity index (χ3n) is 3.40. The van der Waals surface area contributed by atoms with E-state index in [0.717, 1.165) is 16.8 Å². The molecule has 5 heteroatoms. The molecule has 0 spiro atoms. The van der Waals surface area contributed by atoms with E-state index in [-0.39, 0.29) is 11.9 Å². The smallest absolute Gasteiger partial charge is 0.245 e. The van der Waals surface area contributed by atoms with Gasteiger partial charge in [0, 0.05) is 30.8 Å². The Hall–Kier alpha value is -2.17. The summed E-state index contributed by atoms with van der Waals surface area (Å²) in [4.78, 5) is 16.5. The van der Waals surface area contributed by atoms with Crippen LogP contribution in [-0.2, 0) is 11.3 Å². The molecule has 5 nitrogen and oxygen atoms in total. The van der Waals surface area contributed by atoms with Gasteiger partial charge in [0.15, 0.2) is 0 Å². The molecular weight excluding hydrogens is 252 g/mol. The van der Waals surface area contributed by atoms with E-state index in [2.05, 4.69) is 21.5 Å². The van der Waals surface area contributed by atoms with E-state index in [9.17, 15) is 4.79 Å². The molecule has 0 bridgehead atoms. The standard InChI is InChI=1S/C15H20N4O/c1-4-14(19-7-5-6-18-19)15(20)17-10-13-8-11(2)12(3)16-9-13/h5-9,14H,4,10H2,1-3H3,(H,17,20)/t14-/m1/s1. The van der Waals surface area contributed by atoms with Gasteiger partial charge in [0.25, 0.3) is 0 Å². The lowest BCUT2D eigenvalue weighted by Crippen LogP contribution is -2.32. The second kappa shape index (κ2) is 6.32. The van der Waals surface area contributed by atoms with Crippen molar-refractivity contribution in [2.45, 2.75) is 39.8 Å². The molecule has 0 aliphatic heterocycles. The van der Waals surface area contributed by atoms with E-state index in [1.54, 1.807) is 17.1 Å². The Balaban J connectivity index is 1.99. The highest BCUT2D eigenvalue weighted by atomic mass is 16.2. The second-order valence-corrected chi connectivity index (χ2v) is 4.87. The molecule has 2 aromatic heterocycles. The quantitative estimate of drug-likeness (QED) is 0.907. The molecule has 0 aromatic carbocycles. The van der Waals surface area contributed by atoms with Gasteiger partial charge in [0.2, 0.25) is 5.91 Å². The van der Waals surface area contributed by atoms with Crippen LogP contribution in [0.4, 0.5) is 0 Å². The lowest BCUT2D eigenvalue weighted by Gasteiger charge is -2.15. The first-order valence-corrected chi connectivity index (χ1v) is 6.80. The van der Waals surface area contributed by atoms with E-state index in [1.165, 1.54) is 0 Å². The van der Waals surface area contributed by atoms with Crippen LogP contribution < -0.4 is 5.32 Å². The van der Waals surface area contributed by atoms with Crippen molar-refractivity contribution in [1.82, 2.24) is 20.1 Å². The summed E-state index contributed by atoms with van der Waals surface area (Å²) in [6.45, 7) is 6.46. The van der Waals surface area contributed by atoms with E-state index in [4.69, 9.17) is 0 Å². The van der Waals surface area contributed by atoms with Gasteiger partial charge in [-0.15, -0.1) is 0 Å². The SMILES string of the molecule is CC[C@H](C(=O)NCc1cnc(C)c(C)c1)n1cccn1. The van der Waals surface area contributed by atoms with Crippen LogP contribution in [-0.4, -0.2) is 20.7 Å². The zero-order chi connectivity index (χ0) is 14.5. The highest BCUT2D eigenvalue weighted by Crippen LogP contribution is 2.11. The molecular formula is C15H20N4O. The number of hydrogen-bond acceptors (Lipinski definition) is 3. The first kappa shape index (κ1) is 14.2. The Bertz CT molecular complexity index is 578. The molecule has 0 aliphatic carbocycles. The molecule has 20 heavy (non-hydrogen) atoms. The number of aromatic nitrogens is 3. The highest BCUT2D eigenvalue weighted by molar-refractivity contribution is 5.80. The van der Waals surface area contributed by atoms with Crippen LogP contribution in [0.5, 0.6) is 0 Å². The van der Waals surface area contributed by atoms with Gasteiger partial charge < -0.3 is 5.32 Å². The molecule has 106 valence electrons. The second-order valence-electron chi connectivity index (χ2n) is 4.87. The molecule has 2 rings (SSSR count). The molecule has 1 amide bonds. The minimum absolute atomic E-state index is 0.0190. The maximum absolute atomic E-state index is 12.2. The average Bonchev–Trinajstić information content (AvgIpc) is 2.95. The van der Waals surface area contributed by atoms with Crippen molar-refractivity contribution in [3.8, 4) is 0 Å². The number of amides is 1. The maximum atomic E-state index is 12.2. The molecule has 2 aromatic rings. The van der Waals surface area contributed by atoms with Gasteiger partial charge in [0.1, 0.15) is 6.04 Å². The zero-order valence-electron chi connectivity index (χ0n) is 12.1. The Morgan fingerprint density at radius 1 is 1.45 bits per heavy atom. The fraction of sp³-hybridized carbons (Fsp3) is 0.400. The number of nitrogens with zero attached hydrogens (tertiary/aromatic N) is 3. The summed E-state index contributed by atoms with van der Waals surface area (Å²) >= 11 is 0. The van der Waals surface area contributed by atoms with Crippen molar-refractivity contribution in [3.63, 3.8) is 0 Å². The van der Waals surface area contributed by atoms with Crippen molar-refractivity contribution >= 4 is 5.91 Å². The fourth-order valence-corrected chi connectivity index (χ4v) is 2.06. The van der Waals surface area contributed by atoms with E-state index < -0.39 is 0 Å². The van der Waals surface area contributed by atoms with Crippen molar-refractivity contribution < 1.29 is 4.79 Å². The molecule has 0 unspecified atom stereocenters. The first-order chi connectivity index (χ1) is 9.61. The van der Waals surface area contributed by atoms with Crippen LogP contribution in [0.1, 0.15) is 36.2 Å². The molecule has 0 saturated carbocycles. The number of rotatable bonds is 5. The van der Waals surface area contributed by atoms with Crippen molar-refractivity contribution in [1.29, 1.82) is 0 Å². The number of pyridine rings is 1. The summed E-state index contributed by atoms with van der Waals surface area (Å²) < 4.78 is 1.69. The third kappa shape index (κ3) is 3.23. The highest BCUT2D eigenvalue weighted by Gasteiger charge is 2.18. The van der Waals surface area contributed by atoms with Crippen LogP contribution in [0.2, 0.25) is 0 Å². The molecule has 0 saturated heterocycles. The van der Waals surface area contributed by atoms with E-state index in [1.807, 2.05) is 33.0 Å². The Morgan fingerprint density at radius 2 is 2.25 bits per heavy atom. The molecule has 0 fully saturated rings. The van der Waals surface area contributed by atoms with Crippen LogP contribution >= 0.6 is 0 Å². The lowest BCUT2D eigenvalue weighted by atomic mass is 10.1. The number of hydrogen-bond donors (Lipinski definition) is 1. The van der Waals surface area contributed by atoms with Crippen LogP contribution in [0.25, 0.3) is 0 Å². The normalized spacial score (nSPS) is 12.2. The van der Waals surface area contributed by atoms with Gasteiger partial charge in [-0.25, -0.2) is 0 Å². The largest absolute Gasteiger partial charge is 0.350 e. The van der Waals surface area contributed by atoms with Gasteiger partial charge in [-0.3, -0.25) is 14.5 Å². The summed E-state index contributed by atoms with van der Waals surface area (Å²) in [6.07, 6.45) is 6.00. The monoisotopic (exact) mass is 272 g/mol. The summed E-state index contributed by atoms with van der Waals surface area (Å²) in [5, 5.41) is 7.08. The van der Waals surface area contributed by atoms with Crippen molar-refractivity contribution in [2.24, 2.45) is 0 Å². The van der Waals surface area contributed by atoms with Crippen molar-refractivity contribution in [2.75, 3.05) is 0 Å².